The minimum absolute atomic E-state index is 0.680. The average Bonchev–Trinajstić information content (AvgIpc) is 2.75. The molecule has 0 saturated heterocycles. The van der Waals surface area contributed by atoms with Gasteiger partial charge in [-0.15, -0.1) is 0 Å². The monoisotopic (exact) mass is 554 g/mol. The Labute approximate surface area is 204 Å². The number of hydrogen-bond acceptors (Lipinski definition) is 0. The van der Waals surface area contributed by atoms with Crippen molar-refractivity contribution >= 4 is 88.4 Å². The van der Waals surface area contributed by atoms with Crippen molar-refractivity contribution in [3.8, 4) is 0 Å². The third-order valence-electron chi connectivity index (χ3n) is 5.25. The molecule has 0 nitrogen and oxygen atoms in total. The molecule has 0 aliphatic rings. The maximum absolute atomic E-state index is 6.25. The molecule has 4 rings (SSSR count). The molecule has 0 saturated carbocycles. The van der Waals surface area contributed by atoms with E-state index in [0.717, 1.165) is 21.2 Å². The topological polar surface area (TPSA) is 0 Å². The first-order chi connectivity index (χ1) is 14.3. The van der Waals surface area contributed by atoms with Gasteiger partial charge in [0.1, 0.15) is 0 Å². The van der Waals surface area contributed by atoms with E-state index < -0.39 is 5.31 Å². The Morgan fingerprint density at radius 2 is 0.533 bits per heavy atom. The van der Waals surface area contributed by atoms with Crippen molar-refractivity contribution in [3.63, 3.8) is 0 Å². The van der Waals surface area contributed by atoms with E-state index in [0.29, 0.717) is 20.1 Å². The van der Waals surface area contributed by atoms with Crippen LogP contribution in [-0.4, -0.2) is 0 Å². The van der Waals surface area contributed by atoms with E-state index in [1.165, 1.54) is 0 Å². The molecule has 0 aliphatic carbocycles. The zero-order valence-corrected chi connectivity index (χ0v) is 21.1. The molecule has 0 heterocycles. The molecule has 0 atom stereocenters. The summed E-state index contributed by atoms with van der Waals surface area (Å²) in [6.45, 7) is 0. The Balaban J connectivity index is 2.20. The summed E-state index contributed by atoms with van der Waals surface area (Å²) in [4.78, 5) is 0. The Hall–Kier alpha value is -1.05. The Morgan fingerprint density at radius 1 is 0.367 bits per heavy atom. The SMILES string of the molecule is Clc1ccc(P(Br)(c2ccc(Cl)cc2)(c2ccc(Cl)cc2)c2ccc(Cl)cc2)cc1. The van der Waals surface area contributed by atoms with E-state index in [1.54, 1.807) is 0 Å². The summed E-state index contributed by atoms with van der Waals surface area (Å²) in [5.41, 5.74) is 0. The van der Waals surface area contributed by atoms with Gasteiger partial charge in [0.15, 0.2) is 0 Å². The summed E-state index contributed by atoms with van der Waals surface area (Å²) < 4.78 is 0. The molecule has 0 aromatic heterocycles. The number of benzene rings is 4. The normalized spacial score (nSPS) is 12.9. The molecule has 0 N–H and O–H groups in total. The van der Waals surface area contributed by atoms with Gasteiger partial charge in [-0.3, -0.25) is 0 Å². The number of hydrogen-bond donors (Lipinski definition) is 0. The van der Waals surface area contributed by atoms with Crippen molar-refractivity contribution in [3.05, 3.63) is 117 Å². The molecular weight excluding hydrogens is 541 g/mol. The van der Waals surface area contributed by atoms with Crippen molar-refractivity contribution in [2.24, 2.45) is 0 Å². The second kappa shape index (κ2) is 8.47. The van der Waals surface area contributed by atoms with Gasteiger partial charge in [-0.1, -0.05) is 0 Å². The average molecular weight is 557 g/mol. The van der Waals surface area contributed by atoms with Crippen LogP contribution < -0.4 is 21.2 Å². The van der Waals surface area contributed by atoms with Crippen molar-refractivity contribution in [2.45, 2.75) is 0 Å². The Kier molecular flexibility index (Phi) is 6.26. The van der Waals surface area contributed by atoms with Crippen LogP contribution in [0.4, 0.5) is 0 Å². The molecule has 30 heavy (non-hydrogen) atoms. The molecule has 0 amide bonds. The molecule has 6 heteroatoms. The third kappa shape index (κ3) is 3.61. The van der Waals surface area contributed by atoms with E-state index in [-0.39, 0.29) is 0 Å². The molecule has 152 valence electrons. The molecule has 0 spiro atoms. The van der Waals surface area contributed by atoms with Crippen LogP contribution in [0.2, 0.25) is 20.1 Å². The van der Waals surface area contributed by atoms with Crippen molar-refractivity contribution in [2.75, 3.05) is 0 Å². The summed E-state index contributed by atoms with van der Waals surface area (Å²) >= 11 is 29.4. The van der Waals surface area contributed by atoms with Gasteiger partial charge in [-0.25, -0.2) is 0 Å². The number of halogens is 5. The van der Waals surface area contributed by atoms with Crippen molar-refractivity contribution < 1.29 is 0 Å². The summed E-state index contributed by atoms with van der Waals surface area (Å²) in [6.07, 6.45) is 0. The van der Waals surface area contributed by atoms with E-state index >= 15 is 0 Å². The molecule has 0 fully saturated rings. The predicted molar refractivity (Wildman–Crippen MR) is 140 cm³/mol. The first-order valence-electron chi connectivity index (χ1n) is 9.10. The number of rotatable bonds is 4. The van der Waals surface area contributed by atoms with Gasteiger partial charge in [-0.05, 0) is 0 Å². The summed E-state index contributed by atoms with van der Waals surface area (Å²) in [7, 11) is 0. The molecule has 0 unspecified atom stereocenters. The van der Waals surface area contributed by atoms with E-state index in [9.17, 15) is 0 Å². The minimum atomic E-state index is -3.34. The van der Waals surface area contributed by atoms with Crippen LogP contribution in [0, 0.1) is 0 Å². The van der Waals surface area contributed by atoms with Crippen LogP contribution >= 0.6 is 67.2 Å². The van der Waals surface area contributed by atoms with Gasteiger partial charge in [0.25, 0.3) is 0 Å². The quantitative estimate of drug-likeness (QED) is 0.225. The van der Waals surface area contributed by atoms with Crippen molar-refractivity contribution in [1.82, 2.24) is 0 Å². The second-order valence-electron chi connectivity index (χ2n) is 6.91. The standard InChI is InChI=1S/C24H16BrCl4P/c25-30(21-9-1-17(26)2-10-21,22-11-3-18(27)4-12-22,23-13-5-19(28)6-14-23)24-15-7-20(29)8-16-24/h1-16H. The summed E-state index contributed by atoms with van der Waals surface area (Å²) in [5.74, 6) is 0. The van der Waals surface area contributed by atoms with Crippen LogP contribution in [0.1, 0.15) is 0 Å². The zero-order valence-electron chi connectivity index (χ0n) is 15.6. The van der Waals surface area contributed by atoms with Crippen LogP contribution in [0.25, 0.3) is 0 Å². The summed E-state index contributed by atoms with van der Waals surface area (Å²) in [5, 5.41) is 3.82. The van der Waals surface area contributed by atoms with Gasteiger partial charge >= 0.3 is 206 Å². The first kappa shape index (κ1) is 22.2. The van der Waals surface area contributed by atoms with Gasteiger partial charge in [0, 0.05) is 0 Å². The van der Waals surface area contributed by atoms with E-state index in [2.05, 4.69) is 64.0 Å². The fourth-order valence-corrected chi connectivity index (χ4v) is 11.7. The molecule has 0 bridgehead atoms. The Morgan fingerprint density at radius 3 is 0.700 bits per heavy atom. The van der Waals surface area contributed by atoms with Crippen LogP contribution in [0.15, 0.2) is 97.1 Å². The van der Waals surface area contributed by atoms with Gasteiger partial charge in [0.2, 0.25) is 0 Å². The predicted octanol–water partition coefficient (Wildman–Crippen LogP) is 7.77. The maximum atomic E-state index is 6.25. The van der Waals surface area contributed by atoms with Gasteiger partial charge < -0.3 is 0 Å². The fourth-order valence-electron chi connectivity index (χ4n) is 3.78. The van der Waals surface area contributed by atoms with Crippen molar-refractivity contribution in [1.29, 1.82) is 0 Å². The Bertz CT molecular complexity index is 979. The molecule has 4 aromatic rings. The second-order valence-corrected chi connectivity index (χ2v) is 17.0. The first-order valence-corrected chi connectivity index (χ1v) is 14.9. The van der Waals surface area contributed by atoms with E-state index in [1.807, 2.05) is 48.5 Å². The summed E-state index contributed by atoms with van der Waals surface area (Å²) in [6, 6.07) is 32.0. The van der Waals surface area contributed by atoms with Gasteiger partial charge in [0.05, 0.1) is 0 Å². The van der Waals surface area contributed by atoms with Crippen LogP contribution in [0.3, 0.4) is 0 Å². The molecular formula is C24H16BrCl4P. The van der Waals surface area contributed by atoms with E-state index in [4.69, 9.17) is 46.4 Å². The molecule has 0 aliphatic heterocycles. The van der Waals surface area contributed by atoms with Gasteiger partial charge in [-0.2, -0.15) is 0 Å². The van der Waals surface area contributed by atoms with Crippen LogP contribution in [-0.2, 0) is 0 Å². The fraction of sp³-hybridized carbons (Fsp3) is 0. The zero-order chi connectivity index (χ0) is 21.4. The van der Waals surface area contributed by atoms with Crippen LogP contribution in [0.5, 0.6) is 0 Å². The third-order valence-corrected chi connectivity index (χ3v) is 16.2. The molecule has 4 aromatic carbocycles. The molecule has 0 radical (unpaired) electrons.